The maximum Gasteiger partial charge on any atom is 0.159 e. The van der Waals surface area contributed by atoms with Crippen LogP contribution in [0.25, 0.3) is 0 Å². The predicted molar refractivity (Wildman–Crippen MR) is 108 cm³/mol. The minimum Gasteiger partial charge on any atom is -0.496 e. The molecule has 3 rings (SSSR count). The molecule has 1 aliphatic rings. The van der Waals surface area contributed by atoms with Gasteiger partial charge in [0, 0.05) is 43.9 Å². The first kappa shape index (κ1) is 20.9. The highest BCUT2D eigenvalue weighted by atomic mass is 16.7. The van der Waals surface area contributed by atoms with E-state index in [-0.39, 0.29) is 0 Å². The summed E-state index contributed by atoms with van der Waals surface area (Å²) in [6, 6.07) is 7.43. The Hall–Kier alpha value is -2.84. The summed E-state index contributed by atoms with van der Waals surface area (Å²) in [6.07, 6.45) is 0. The Bertz CT molecular complexity index is 817. The molecule has 2 aromatic rings. The van der Waals surface area contributed by atoms with Crippen molar-refractivity contribution in [3.05, 3.63) is 35.4 Å². The number of rotatable bonds is 10. The van der Waals surface area contributed by atoms with Gasteiger partial charge in [-0.2, -0.15) is 0 Å². The molecular weight excluding hydrogens is 376 g/mol. The number of benzene rings is 2. The monoisotopic (exact) mass is 404 g/mol. The predicted octanol–water partition coefficient (Wildman–Crippen LogP) is 2.63. The molecule has 8 nitrogen and oxygen atoms in total. The summed E-state index contributed by atoms with van der Waals surface area (Å²) in [6.45, 7) is 2.65. The quantitative estimate of drug-likeness (QED) is 0.606. The number of hydrogen-bond acceptors (Lipinski definition) is 8. The lowest BCUT2D eigenvalue weighted by molar-refractivity contribution is -0.0412. The molecule has 0 unspecified atom stereocenters. The van der Waals surface area contributed by atoms with Gasteiger partial charge in [-0.25, -0.2) is 0 Å². The van der Waals surface area contributed by atoms with E-state index in [1.807, 2.05) is 29.3 Å². The van der Waals surface area contributed by atoms with E-state index < -0.39 is 0 Å². The van der Waals surface area contributed by atoms with E-state index in [2.05, 4.69) is 5.32 Å². The molecular formula is C21H28N2O6. The third-order valence-electron chi connectivity index (χ3n) is 4.82. The first-order valence-electron chi connectivity index (χ1n) is 9.30. The summed E-state index contributed by atoms with van der Waals surface area (Å²) in [7, 11) is 8.16. The van der Waals surface area contributed by atoms with Crippen LogP contribution in [0, 0.1) is 0 Å². The van der Waals surface area contributed by atoms with Crippen LogP contribution in [0.4, 0.5) is 0 Å². The standard InChI is InChI=1S/C21H28N2O6/c1-24-14-8-18(26-3)16(19(9-14)27-4)12-22-6-7-23-13-17-20(28-5)10-15(25-2)11-21(17)29-23/h8-11,22H,6-7,12-13H2,1-5H3. The van der Waals surface area contributed by atoms with Crippen LogP contribution < -0.4 is 33.8 Å². The highest BCUT2D eigenvalue weighted by molar-refractivity contribution is 5.52. The second kappa shape index (κ2) is 9.58. The van der Waals surface area contributed by atoms with Gasteiger partial charge in [0.2, 0.25) is 0 Å². The van der Waals surface area contributed by atoms with Crippen LogP contribution in [-0.4, -0.2) is 53.7 Å². The van der Waals surface area contributed by atoms with Crippen molar-refractivity contribution in [1.82, 2.24) is 10.4 Å². The number of methoxy groups -OCH3 is 5. The van der Waals surface area contributed by atoms with E-state index in [1.165, 1.54) is 0 Å². The van der Waals surface area contributed by atoms with Crippen LogP contribution in [0.3, 0.4) is 0 Å². The van der Waals surface area contributed by atoms with Crippen LogP contribution in [-0.2, 0) is 13.1 Å². The molecule has 2 aromatic carbocycles. The van der Waals surface area contributed by atoms with E-state index in [1.54, 1.807) is 35.5 Å². The fraction of sp³-hybridized carbons (Fsp3) is 0.429. The lowest BCUT2D eigenvalue weighted by Gasteiger charge is -2.17. The molecule has 0 saturated carbocycles. The number of nitrogens with zero attached hydrogens (tertiary/aromatic N) is 1. The second-order valence-corrected chi connectivity index (χ2v) is 6.45. The van der Waals surface area contributed by atoms with Gasteiger partial charge in [0.1, 0.15) is 28.7 Å². The van der Waals surface area contributed by atoms with Crippen molar-refractivity contribution in [3.8, 4) is 34.5 Å². The smallest absolute Gasteiger partial charge is 0.159 e. The molecule has 1 N–H and O–H groups in total. The van der Waals surface area contributed by atoms with E-state index in [9.17, 15) is 0 Å². The lowest BCUT2D eigenvalue weighted by atomic mass is 10.1. The number of hydrogen-bond donors (Lipinski definition) is 1. The largest absolute Gasteiger partial charge is 0.496 e. The Morgan fingerprint density at radius 1 is 0.828 bits per heavy atom. The summed E-state index contributed by atoms with van der Waals surface area (Å²) in [5.74, 6) is 4.36. The van der Waals surface area contributed by atoms with Crippen molar-refractivity contribution in [2.45, 2.75) is 13.1 Å². The molecule has 0 aliphatic carbocycles. The van der Waals surface area contributed by atoms with Crippen LogP contribution in [0.15, 0.2) is 24.3 Å². The van der Waals surface area contributed by atoms with E-state index in [0.29, 0.717) is 37.7 Å². The molecule has 0 fully saturated rings. The van der Waals surface area contributed by atoms with Gasteiger partial charge < -0.3 is 33.8 Å². The first-order chi connectivity index (χ1) is 14.1. The van der Waals surface area contributed by atoms with Gasteiger partial charge in [-0.05, 0) is 0 Å². The molecule has 1 aliphatic heterocycles. The third kappa shape index (κ3) is 4.60. The fourth-order valence-corrected chi connectivity index (χ4v) is 3.27. The van der Waals surface area contributed by atoms with E-state index in [0.717, 1.165) is 34.1 Å². The molecule has 8 heteroatoms. The molecule has 0 radical (unpaired) electrons. The fourth-order valence-electron chi connectivity index (χ4n) is 3.27. The molecule has 0 amide bonds. The minimum absolute atomic E-state index is 0.592. The van der Waals surface area contributed by atoms with Crippen molar-refractivity contribution < 1.29 is 28.5 Å². The zero-order chi connectivity index (χ0) is 20.8. The molecule has 0 aromatic heterocycles. The van der Waals surface area contributed by atoms with Gasteiger partial charge in [-0.1, -0.05) is 0 Å². The van der Waals surface area contributed by atoms with Crippen LogP contribution >= 0.6 is 0 Å². The Morgan fingerprint density at radius 3 is 2.00 bits per heavy atom. The van der Waals surface area contributed by atoms with Crippen molar-refractivity contribution in [1.29, 1.82) is 0 Å². The minimum atomic E-state index is 0.592. The summed E-state index contributed by atoms with van der Waals surface area (Å²) in [5.41, 5.74) is 1.96. The second-order valence-electron chi connectivity index (χ2n) is 6.45. The average molecular weight is 404 g/mol. The Labute approximate surface area is 171 Å². The molecule has 0 spiro atoms. The van der Waals surface area contributed by atoms with Crippen molar-refractivity contribution in [3.63, 3.8) is 0 Å². The molecule has 0 bridgehead atoms. The van der Waals surface area contributed by atoms with Crippen LogP contribution in [0.1, 0.15) is 11.1 Å². The van der Waals surface area contributed by atoms with E-state index in [4.69, 9.17) is 28.5 Å². The number of fused-ring (bicyclic) bond motifs is 1. The molecule has 0 saturated heterocycles. The first-order valence-corrected chi connectivity index (χ1v) is 9.30. The van der Waals surface area contributed by atoms with Crippen LogP contribution in [0.5, 0.6) is 34.5 Å². The highest BCUT2D eigenvalue weighted by Gasteiger charge is 2.25. The van der Waals surface area contributed by atoms with Crippen LogP contribution in [0.2, 0.25) is 0 Å². The zero-order valence-corrected chi connectivity index (χ0v) is 17.5. The molecule has 1 heterocycles. The Kier molecular flexibility index (Phi) is 6.90. The topological polar surface area (TPSA) is 70.7 Å². The van der Waals surface area contributed by atoms with Crippen molar-refractivity contribution in [2.24, 2.45) is 0 Å². The van der Waals surface area contributed by atoms with E-state index >= 15 is 0 Å². The average Bonchev–Trinajstić information content (AvgIpc) is 3.18. The highest BCUT2D eigenvalue weighted by Crippen LogP contribution is 2.39. The van der Waals surface area contributed by atoms with Gasteiger partial charge in [0.05, 0.1) is 53.2 Å². The summed E-state index contributed by atoms with van der Waals surface area (Å²) in [4.78, 5) is 5.93. The zero-order valence-electron chi connectivity index (χ0n) is 17.5. The number of nitrogens with one attached hydrogen (secondary N) is 1. The molecule has 158 valence electrons. The van der Waals surface area contributed by atoms with Gasteiger partial charge in [0.15, 0.2) is 5.75 Å². The Balaban J connectivity index is 1.58. The molecule has 0 atom stereocenters. The summed E-state index contributed by atoms with van der Waals surface area (Å²) in [5, 5.41) is 5.31. The maximum absolute atomic E-state index is 5.93. The van der Waals surface area contributed by atoms with Gasteiger partial charge in [-0.3, -0.25) is 0 Å². The number of hydroxylamine groups is 2. The van der Waals surface area contributed by atoms with Crippen molar-refractivity contribution >= 4 is 0 Å². The third-order valence-corrected chi connectivity index (χ3v) is 4.82. The maximum atomic E-state index is 5.93. The van der Waals surface area contributed by atoms with Gasteiger partial charge in [0.25, 0.3) is 0 Å². The Morgan fingerprint density at radius 2 is 1.41 bits per heavy atom. The normalized spacial score (nSPS) is 12.9. The summed E-state index contributed by atoms with van der Waals surface area (Å²) >= 11 is 0. The van der Waals surface area contributed by atoms with Gasteiger partial charge in [-0.15, -0.1) is 5.06 Å². The SMILES string of the molecule is COc1cc(OC)c(CNCCN2Cc3c(OC)cc(OC)cc3O2)c(OC)c1. The lowest BCUT2D eigenvalue weighted by Crippen LogP contribution is -2.31. The summed E-state index contributed by atoms with van der Waals surface area (Å²) < 4.78 is 27.0. The number of ether oxygens (including phenoxy) is 5. The van der Waals surface area contributed by atoms with Crippen molar-refractivity contribution in [2.75, 3.05) is 48.6 Å². The molecule has 29 heavy (non-hydrogen) atoms. The van der Waals surface area contributed by atoms with Gasteiger partial charge >= 0.3 is 0 Å².